The van der Waals surface area contributed by atoms with E-state index in [0.717, 1.165) is 0 Å². The third-order valence-electron chi connectivity index (χ3n) is 2.66. The number of nitrogens with zero attached hydrogens (tertiary/aromatic N) is 2. The average molecular weight is 309 g/mol. The molecule has 0 aliphatic heterocycles. The third-order valence-corrected chi connectivity index (χ3v) is 2.91. The van der Waals surface area contributed by atoms with Gasteiger partial charge >= 0.3 is 11.9 Å². The number of methoxy groups -OCH3 is 1. The first-order valence-corrected chi connectivity index (χ1v) is 6.56. The molecule has 0 saturated heterocycles. The first-order valence-electron chi connectivity index (χ1n) is 6.18. The Kier molecular flexibility index (Phi) is 4.59. The fraction of sp³-hybridized carbons (Fsp3) is 0.214. The van der Waals surface area contributed by atoms with Crippen molar-refractivity contribution in [3.63, 3.8) is 0 Å². The van der Waals surface area contributed by atoms with Crippen LogP contribution in [0.5, 0.6) is 0 Å². The lowest BCUT2D eigenvalue weighted by Gasteiger charge is -2.05. The van der Waals surface area contributed by atoms with Crippen LogP contribution in [-0.4, -0.2) is 35.4 Å². The van der Waals surface area contributed by atoms with Gasteiger partial charge in [0.25, 0.3) is 0 Å². The Hall–Kier alpha value is -2.34. The van der Waals surface area contributed by atoms with Gasteiger partial charge in [-0.15, -0.1) is 0 Å². The van der Waals surface area contributed by atoms with Crippen molar-refractivity contribution in [2.45, 2.75) is 6.92 Å². The van der Waals surface area contributed by atoms with Crippen LogP contribution in [0.1, 0.15) is 27.9 Å². The van der Waals surface area contributed by atoms with Gasteiger partial charge in [0, 0.05) is 11.1 Å². The van der Waals surface area contributed by atoms with Crippen molar-refractivity contribution in [3.8, 4) is 5.69 Å². The highest BCUT2D eigenvalue weighted by atomic mass is 35.5. The number of benzene rings is 1. The molecule has 1 aromatic carbocycles. The highest BCUT2D eigenvalue weighted by Crippen LogP contribution is 2.17. The maximum Gasteiger partial charge on any atom is 0.358 e. The van der Waals surface area contributed by atoms with Crippen LogP contribution in [0.25, 0.3) is 5.69 Å². The Morgan fingerprint density at radius 1 is 1.24 bits per heavy atom. The maximum atomic E-state index is 11.8. The Balaban J connectivity index is 2.49. The molecule has 2 rings (SSSR count). The van der Waals surface area contributed by atoms with Gasteiger partial charge < -0.3 is 9.47 Å². The predicted octanol–water partition coefficient (Wildman–Crippen LogP) is 2.49. The normalized spacial score (nSPS) is 10.2. The van der Waals surface area contributed by atoms with Crippen molar-refractivity contribution in [2.24, 2.45) is 0 Å². The number of hydrogen-bond acceptors (Lipinski definition) is 5. The molecule has 0 N–H and O–H groups in total. The van der Waals surface area contributed by atoms with E-state index in [2.05, 4.69) is 5.10 Å². The van der Waals surface area contributed by atoms with Gasteiger partial charge in [0.05, 0.1) is 19.4 Å². The van der Waals surface area contributed by atoms with Crippen molar-refractivity contribution in [2.75, 3.05) is 13.7 Å². The van der Waals surface area contributed by atoms with Crippen LogP contribution >= 0.6 is 11.6 Å². The molecule has 110 valence electrons. The van der Waals surface area contributed by atoms with Crippen LogP contribution in [-0.2, 0) is 9.47 Å². The number of carbonyl (C=O) groups is 2. The topological polar surface area (TPSA) is 70.4 Å². The Bertz CT molecular complexity index is 664. The van der Waals surface area contributed by atoms with E-state index in [1.807, 2.05) is 0 Å². The second kappa shape index (κ2) is 6.41. The summed E-state index contributed by atoms with van der Waals surface area (Å²) < 4.78 is 10.9. The van der Waals surface area contributed by atoms with Crippen LogP contribution in [0, 0.1) is 0 Å². The predicted molar refractivity (Wildman–Crippen MR) is 75.9 cm³/mol. The van der Waals surface area contributed by atoms with Crippen LogP contribution in [0.3, 0.4) is 0 Å². The first kappa shape index (κ1) is 15.1. The molecular formula is C14H13ClN2O4. The number of rotatable bonds is 4. The minimum Gasteiger partial charge on any atom is -0.464 e. The average Bonchev–Trinajstić information content (AvgIpc) is 2.92. The van der Waals surface area contributed by atoms with Gasteiger partial charge in [0.1, 0.15) is 0 Å². The number of carbonyl (C=O) groups excluding carboxylic acids is 2. The van der Waals surface area contributed by atoms with Crippen LogP contribution in [0.15, 0.2) is 30.3 Å². The van der Waals surface area contributed by atoms with Gasteiger partial charge in [-0.2, -0.15) is 5.10 Å². The first-order chi connectivity index (χ1) is 10.1. The SMILES string of the molecule is CCOC(=O)c1cc(C(=O)OC)n(-c2ccc(Cl)cc2)n1. The smallest absolute Gasteiger partial charge is 0.358 e. The largest absolute Gasteiger partial charge is 0.464 e. The lowest BCUT2D eigenvalue weighted by atomic mass is 10.3. The van der Waals surface area contributed by atoms with E-state index in [1.54, 1.807) is 31.2 Å². The molecular weight excluding hydrogens is 296 g/mol. The summed E-state index contributed by atoms with van der Waals surface area (Å²) in [6.07, 6.45) is 0. The lowest BCUT2D eigenvalue weighted by molar-refractivity contribution is 0.0518. The molecule has 0 saturated carbocycles. The van der Waals surface area contributed by atoms with E-state index in [1.165, 1.54) is 17.9 Å². The minimum absolute atomic E-state index is 0.0344. The van der Waals surface area contributed by atoms with Crippen molar-refractivity contribution < 1.29 is 19.1 Å². The second-order valence-electron chi connectivity index (χ2n) is 4.02. The fourth-order valence-electron chi connectivity index (χ4n) is 1.71. The Labute approximate surface area is 126 Å². The molecule has 0 unspecified atom stereocenters. The molecule has 7 heteroatoms. The van der Waals surface area contributed by atoms with Crippen LogP contribution in [0.2, 0.25) is 5.02 Å². The van der Waals surface area contributed by atoms with E-state index in [-0.39, 0.29) is 18.0 Å². The van der Waals surface area contributed by atoms with E-state index < -0.39 is 11.9 Å². The molecule has 0 spiro atoms. The fourth-order valence-corrected chi connectivity index (χ4v) is 1.84. The molecule has 0 radical (unpaired) electrons. The summed E-state index contributed by atoms with van der Waals surface area (Å²) in [5, 5.41) is 4.65. The molecule has 1 aromatic heterocycles. The number of hydrogen-bond donors (Lipinski definition) is 0. The van der Waals surface area contributed by atoms with Gasteiger partial charge in [-0.3, -0.25) is 0 Å². The molecule has 2 aromatic rings. The zero-order valence-electron chi connectivity index (χ0n) is 11.5. The lowest BCUT2D eigenvalue weighted by Crippen LogP contribution is -2.10. The zero-order chi connectivity index (χ0) is 15.4. The number of halogens is 1. The van der Waals surface area contributed by atoms with E-state index in [4.69, 9.17) is 21.1 Å². The van der Waals surface area contributed by atoms with Gasteiger partial charge in [-0.05, 0) is 31.2 Å². The van der Waals surface area contributed by atoms with Crippen molar-refractivity contribution in [3.05, 3.63) is 46.7 Å². The Morgan fingerprint density at radius 3 is 2.48 bits per heavy atom. The molecule has 0 amide bonds. The van der Waals surface area contributed by atoms with Crippen molar-refractivity contribution in [1.29, 1.82) is 0 Å². The summed E-state index contributed by atoms with van der Waals surface area (Å²) in [5.74, 6) is -1.21. The number of ether oxygens (including phenoxy) is 2. The van der Waals surface area contributed by atoms with Crippen LogP contribution in [0.4, 0.5) is 0 Å². The third kappa shape index (κ3) is 3.22. The quantitative estimate of drug-likeness (QED) is 0.812. The molecule has 0 bridgehead atoms. The van der Waals surface area contributed by atoms with Crippen LogP contribution < -0.4 is 0 Å². The number of aromatic nitrogens is 2. The van der Waals surface area contributed by atoms with Gasteiger partial charge in [0.2, 0.25) is 0 Å². The summed E-state index contributed by atoms with van der Waals surface area (Å²) in [5.41, 5.74) is 0.741. The molecule has 21 heavy (non-hydrogen) atoms. The molecule has 0 aliphatic rings. The van der Waals surface area contributed by atoms with E-state index in [0.29, 0.717) is 10.7 Å². The van der Waals surface area contributed by atoms with E-state index in [9.17, 15) is 9.59 Å². The minimum atomic E-state index is -0.604. The van der Waals surface area contributed by atoms with Gasteiger partial charge in [-0.25, -0.2) is 14.3 Å². The monoisotopic (exact) mass is 308 g/mol. The van der Waals surface area contributed by atoms with E-state index >= 15 is 0 Å². The summed E-state index contributed by atoms with van der Waals surface area (Å²) in [7, 11) is 1.26. The number of esters is 2. The molecule has 6 nitrogen and oxygen atoms in total. The summed E-state index contributed by atoms with van der Waals surface area (Å²) in [6, 6.07) is 8.00. The highest BCUT2D eigenvalue weighted by molar-refractivity contribution is 6.30. The standard InChI is InChI=1S/C14H13ClN2O4/c1-3-21-13(18)11-8-12(14(19)20-2)17(16-11)10-6-4-9(15)5-7-10/h4-8H,3H2,1-2H3. The zero-order valence-corrected chi connectivity index (χ0v) is 12.3. The molecule has 0 atom stereocenters. The van der Waals surface area contributed by atoms with Gasteiger partial charge in [0.15, 0.2) is 11.4 Å². The maximum absolute atomic E-state index is 11.8. The van der Waals surface area contributed by atoms with Gasteiger partial charge in [-0.1, -0.05) is 11.6 Å². The summed E-state index contributed by atoms with van der Waals surface area (Å²) in [4.78, 5) is 23.5. The highest BCUT2D eigenvalue weighted by Gasteiger charge is 2.21. The van der Waals surface area contributed by atoms with Crippen molar-refractivity contribution >= 4 is 23.5 Å². The molecule has 0 aliphatic carbocycles. The molecule has 1 heterocycles. The molecule has 0 fully saturated rings. The summed E-state index contributed by atoms with van der Waals surface area (Å²) >= 11 is 5.83. The second-order valence-corrected chi connectivity index (χ2v) is 4.45. The van der Waals surface area contributed by atoms with Crippen molar-refractivity contribution in [1.82, 2.24) is 9.78 Å². The Morgan fingerprint density at radius 2 is 1.90 bits per heavy atom. The summed E-state index contributed by atoms with van der Waals surface area (Å²) in [6.45, 7) is 1.91.